The van der Waals surface area contributed by atoms with E-state index in [1.165, 1.54) is 12.2 Å². The Morgan fingerprint density at radius 3 is 2.48 bits per heavy atom. The smallest absolute Gasteiger partial charge is 0.331 e. The Balaban J connectivity index is 1.55. The van der Waals surface area contributed by atoms with E-state index >= 15 is 0 Å². The molecule has 1 N–H and O–H groups in total. The predicted molar refractivity (Wildman–Crippen MR) is 132 cm³/mol. The number of benzene rings is 2. The number of carbonyl (C=O) groups excluding carboxylic acids is 2. The number of rotatable bonds is 8. The highest BCUT2D eigenvalue weighted by atomic mass is 35.5. The summed E-state index contributed by atoms with van der Waals surface area (Å²) >= 11 is 12.7. The summed E-state index contributed by atoms with van der Waals surface area (Å²) in [6.07, 6.45) is 2.74. The number of nitrogens with zero attached hydrogens (tertiary/aromatic N) is 3. The van der Waals surface area contributed by atoms with Crippen LogP contribution < -0.4 is 10.2 Å². The zero-order valence-corrected chi connectivity index (χ0v) is 20.0. The van der Waals surface area contributed by atoms with Gasteiger partial charge in [0.1, 0.15) is 5.15 Å². The Bertz CT molecular complexity index is 1170. The normalized spacial score (nSPS) is 10.9. The van der Waals surface area contributed by atoms with Gasteiger partial charge in [-0.1, -0.05) is 41.4 Å². The van der Waals surface area contributed by atoms with Crippen LogP contribution in [0.4, 0.5) is 11.4 Å². The minimum absolute atomic E-state index is 0.371. The first-order chi connectivity index (χ1) is 15.7. The van der Waals surface area contributed by atoms with Crippen LogP contribution in [-0.2, 0) is 20.9 Å². The number of nitrogens with one attached hydrogen (secondary N) is 1. The van der Waals surface area contributed by atoms with Gasteiger partial charge in [-0.05, 0) is 48.9 Å². The lowest BCUT2D eigenvalue weighted by molar-refractivity contribution is -0.142. The van der Waals surface area contributed by atoms with Crippen LogP contribution in [0.15, 0.2) is 54.6 Å². The number of carbonyl (C=O) groups is 2. The van der Waals surface area contributed by atoms with Gasteiger partial charge in [0.2, 0.25) is 0 Å². The molecule has 0 fully saturated rings. The number of hydrogen-bond acceptors (Lipinski definition) is 5. The number of anilines is 2. The summed E-state index contributed by atoms with van der Waals surface area (Å²) in [5, 5.41) is 8.09. The fraction of sp³-hybridized carbons (Fsp3) is 0.208. The number of ether oxygens (including phenoxy) is 1. The fourth-order valence-electron chi connectivity index (χ4n) is 3.03. The van der Waals surface area contributed by atoms with Gasteiger partial charge in [-0.25, -0.2) is 9.48 Å². The third kappa shape index (κ3) is 6.60. The quantitative estimate of drug-likeness (QED) is 0.365. The summed E-state index contributed by atoms with van der Waals surface area (Å²) in [7, 11) is 3.86. The monoisotopic (exact) mass is 486 g/mol. The molecule has 172 valence electrons. The van der Waals surface area contributed by atoms with Gasteiger partial charge < -0.3 is 15.0 Å². The third-order valence-electron chi connectivity index (χ3n) is 4.79. The summed E-state index contributed by atoms with van der Waals surface area (Å²) in [5.41, 5.74) is 3.74. The van der Waals surface area contributed by atoms with Crippen LogP contribution in [-0.4, -0.2) is 42.4 Å². The zero-order valence-electron chi connectivity index (χ0n) is 18.5. The molecular weight excluding hydrogens is 463 g/mol. The lowest BCUT2D eigenvalue weighted by Crippen LogP contribution is -2.20. The molecule has 2 aromatic carbocycles. The molecule has 0 aliphatic rings. The van der Waals surface area contributed by atoms with Crippen molar-refractivity contribution < 1.29 is 14.3 Å². The second kappa shape index (κ2) is 11.0. The molecule has 9 heteroatoms. The lowest BCUT2D eigenvalue weighted by Gasteiger charge is -2.13. The van der Waals surface area contributed by atoms with Gasteiger partial charge in [0.05, 0.1) is 12.2 Å². The van der Waals surface area contributed by atoms with Gasteiger partial charge in [0.25, 0.3) is 5.91 Å². The van der Waals surface area contributed by atoms with Crippen molar-refractivity contribution in [2.24, 2.45) is 0 Å². The molecule has 0 unspecified atom stereocenters. The second-order valence-corrected chi connectivity index (χ2v) is 8.23. The van der Waals surface area contributed by atoms with Crippen molar-refractivity contribution >= 4 is 52.5 Å². The van der Waals surface area contributed by atoms with E-state index in [1.807, 2.05) is 49.3 Å². The van der Waals surface area contributed by atoms with Crippen LogP contribution >= 0.6 is 23.2 Å². The molecule has 0 atom stereocenters. The van der Waals surface area contributed by atoms with Crippen molar-refractivity contribution in [1.82, 2.24) is 9.78 Å². The molecule has 0 bridgehead atoms. The van der Waals surface area contributed by atoms with Gasteiger partial charge in [-0.3, -0.25) is 4.79 Å². The molecule has 0 aliphatic carbocycles. The standard InChI is InChI=1S/C24H24Cl2N4O3/c1-16-20(24(26)30(28-16)14-17-6-4-5-7-21(17)25)12-13-23(32)33-15-22(31)27-18-8-10-19(11-9-18)29(2)3/h4-13H,14-15H2,1-3H3,(H,27,31)/b13-12+. The Kier molecular flexibility index (Phi) is 8.14. The molecule has 1 amide bonds. The minimum Gasteiger partial charge on any atom is -0.452 e. The van der Waals surface area contributed by atoms with Crippen LogP contribution in [0.3, 0.4) is 0 Å². The van der Waals surface area contributed by atoms with E-state index in [4.69, 9.17) is 27.9 Å². The number of aryl methyl sites for hydroxylation is 1. The Morgan fingerprint density at radius 2 is 1.82 bits per heavy atom. The number of halogens is 2. The summed E-state index contributed by atoms with van der Waals surface area (Å²) in [5.74, 6) is -1.10. The Labute approximate surface area is 202 Å². The number of esters is 1. The van der Waals surface area contributed by atoms with E-state index in [9.17, 15) is 9.59 Å². The molecule has 33 heavy (non-hydrogen) atoms. The van der Waals surface area contributed by atoms with Gasteiger partial charge in [-0.15, -0.1) is 0 Å². The maximum Gasteiger partial charge on any atom is 0.331 e. The molecule has 1 heterocycles. The van der Waals surface area contributed by atoms with E-state index in [-0.39, 0.29) is 0 Å². The van der Waals surface area contributed by atoms with Crippen molar-refractivity contribution in [3.05, 3.63) is 81.6 Å². The second-order valence-electron chi connectivity index (χ2n) is 7.47. The fourth-order valence-corrected chi connectivity index (χ4v) is 3.52. The molecule has 0 aliphatic heterocycles. The molecular formula is C24H24Cl2N4O3. The predicted octanol–water partition coefficient (Wildman–Crippen LogP) is 4.81. The summed E-state index contributed by atoms with van der Waals surface area (Å²) in [6, 6.07) is 14.7. The van der Waals surface area contributed by atoms with E-state index in [0.717, 1.165) is 11.3 Å². The van der Waals surface area contributed by atoms with Crippen molar-refractivity contribution in [3.8, 4) is 0 Å². The maximum absolute atomic E-state index is 12.1. The molecule has 0 saturated carbocycles. The lowest BCUT2D eigenvalue weighted by atomic mass is 10.2. The molecule has 1 aromatic heterocycles. The molecule has 0 saturated heterocycles. The zero-order chi connectivity index (χ0) is 24.0. The van der Waals surface area contributed by atoms with E-state index in [2.05, 4.69) is 10.4 Å². The van der Waals surface area contributed by atoms with E-state index < -0.39 is 18.5 Å². The summed E-state index contributed by atoms with van der Waals surface area (Å²) < 4.78 is 6.63. The highest BCUT2D eigenvalue weighted by Crippen LogP contribution is 2.24. The topological polar surface area (TPSA) is 76.5 Å². The molecule has 7 nitrogen and oxygen atoms in total. The average molecular weight is 487 g/mol. The van der Waals surface area contributed by atoms with Crippen molar-refractivity contribution in [2.45, 2.75) is 13.5 Å². The van der Waals surface area contributed by atoms with Crippen LogP contribution in [0.25, 0.3) is 6.08 Å². The van der Waals surface area contributed by atoms with Crippen LogP contribution in [0.5, 0.6) is 0 Å². The molecule has 3 rings (SSSR count). The highest BCUT2D eigenvalue weighted by Gasteiger charge is 2.13. The van der Waals surface area contributed by atoms with Crippen LogP contribution in [0.1, 0.15) is 16.8 Å². The van der Waals surface area contributed by atoms with Crippen molar-refractivity contribution in [2.75, 3.05) is 30.9 Å². The molecule has 0 radical (unpaired) electrons. The molecule has 3 aromatic rings. The summed E-state index contributed by atoms with van der Waals surface area (Å²) in [4.78, 5) is 26.1. The van der Waals surface area contributed by atoms with Crippen LogP contribution in [0.2, 0.25) is 10.2 Å². The first-order valence-electron chi connectivity index (χ1n) is 10.1. The van der Waals surface area contributed by atoms with Gasteiger partial charge in [0, 0.05) is 42.1 Å². The number of aromatic nitrogens is 2. The highest BCUT2D eigenvalue weighted by molar-refractivity contribution is 6.32. The first-order valence-corrected chi connectivity index (χ1v) is 10.9. The Hall–Kier alpha value is -3.29. The molecule has 0 spiro atoms. The summed E-state index contributed by atoms with van der Waals surface area (Å²) in [6.45, 7) is 1.78. The van der Waals surface area contributed by atoms with Gasteiger partial charge >= 0.3 is 5.97 Å². The minimum atomic E-state index is -0.664. The number of amides is 1. The van der Waals surface area contributed by atoms with E-state index in [0.29, 0.717) is 33.7 Å². The van der Waals surface area contributed by atoms with Gasteiger partial charge in [-0.2, -0.15) is 5.10 Å². The van der Waals surface area contributed by atoms with Gasteiger partial charge in [0.15, 0.2) is 6.61 Å². The first kappa shape index (κ1) is 24.4. The largest absolute Gasteiger partial charge is 0.452 e. The Morgan fingerprint density at radius 1 is 1.12 bits per heavy atom. The SMILES string of the molecule is Cc1nn(Cc2ccccc2Cl)c(Cl)c1/C=C/C(=O)OCC(=O)Nc1ccc(N(C)C)cc1. The number of hydrogen-bond donors (Lipinski definition) is 1. The van der Waals surface area contributed by atoms with Crippen LogP contribution in [0, 0.1) is 6.92 Å². The average Bonchev–Trinajstić information content (AvgIpc) is 3.05. The van der Waals surface area contributed by atoms with E-state index in [1.54, 1.807) is 29.8 Å². The third-order valence-corrected chi connectivity index (χ3v) is 5.55. The van der Waals surface area contributed by atoms with Crippen molar-refractivity contribution in [3.63, 3.8) is 0 Å². The maximum atomic E-state index is 12.1. The van der Waals surface area contributed by atoms with Crippen molar-refractivity contribution in [1.29, 1.82) is 0 Å².